The maximum atomic E-state index is 11.1. The van der Waals surface area contributed by atoms with Crippen molar-refractivity contribution in [1.82, 2.24) is 5.43 Å². The standard InChI is InChI=1S/C13H14N4O/c14-13(18)12-8-4-2-1-3-6-10-15-17-16-11-7-5-9-12/h1-11H,(H2,14,18)(H,15,16). The number of allylic oxidation sites excluding steroid dienone is 8. The summed E-state index contributed by atoms with van der Waals surface area (Å²) >= 11 is 0. The summed E-state index contributed by atoms with van der Waals surface area (Å²) in [6, 6.07) is 0. The molecule has 1 heterocycles. The molecule has 0 aliphatic carbocycles. The lowest BCUT2D eigenvalue weighted by molar-refractivity contribution is -0.114. The van der Waals surface area contributed by atoms with Crippen molar-refractivity contribution in [1.29, 1.82) is 0 Å². The third-order valence-electron chi connectivity index (χ3n) is 1.83. The van der Waals surface area contributed by atoms with Crippen molar-refractivity contribution in [3.8, 4) is 0 Å². The molecule has 0 unspecified atom stereocenters. The molecule has 5 nitrogen and oxygen atoms in total. The predicted octanol–water partition coefficient (Wildman–Crippen LogP) is 2.06. The molecular weight excluding hydrogens is 228 g/mol. The number of carbonyl (C=O) groups is 1. The van der Waals surface area contributed by atoms with Crippen molar-refractivity contribution in [3.63, 3.8) is 0 Å². The van der Waals surface area contributed by atoms with Gasteiger partial charge >= 0.3 is 0 Å². The number of nitrogens with two attached hydrogens (primary N) is 1. The van der Waals surface area contributed by atoms with Crippen molar-refractivity contribution in [3.05, 3.63) is 72.7 Å². The minimum atomic E-state index is -0.481. The van der Waals surface area contributed by atoms with Crippen LogP contribution in [0.15, 0.2) is 83.0 Å². The van der Waals surface area contributed by atoms with Crippen molar-refractivity contribution in [2.45, 2.75) is 0 Å². The zero-order chi connectivity index (χ0) is 13.1. The predicted molar refractivity (Wildman–Crippen MR) is 71.0 cm³/mol. The van der Waals surface area contributed by atoms with Crippen molar-refractivity contribution in [2.24, 2.45) is 16.1 Å². The van der Waals surface area contributed by atoms with E-state index in [1.807, 2.05) is 0 Å². The monoisotopic (exact) mass is 242 g/mol. The highest BCUT2D eigenvalue weighted by Gasteiger charge is 1.96. The summed E-state index contributed by atoms with van der Waals surface area (Å²) in [6.07, 6.45) is 18.6. The Morgan fingerprint density at radius 1 is 1.06 bits per heavy atom. The number of rotatable bonds is 1. The van der Waals surface area contributed by atoms with Crippen molar-refractivity contribution < 1.29 is 4.79 Å². The molecule has 0 radical (unpaired) electrons. The molecule has 0 saturated carbocycles. The van der Waals surface area contributed by atoms with Crippen LogP contribution in [0.5, 0.6) is 0 Å². The molecule has 5 heteroatoms. The van der Waals surface area contributed by atoms with Gasteiger partial charge in [-0.15, -0.1) is 5.11 Å². The van der Waals surface area contributed by atoms with E-state index in [1.165, 1.54) is 0 Å². The van der Waals surface area contributed by atoms with Gasteiger partial charge in [0.15, 0.2) is 0 Å². The molecule has 1 amide bonds. The number of nitrogens with zero attached hydrogens (tertiary/aromatic N) is 2. The summed E-state index contributed by atoms with van der Waals surface area (Å²) in [4.78, 5) is 11.1. The molecule has 1 aliphatic rings. The highest BCUT2D eigenvalue weighted by atomic mass is 16.1. The molecule has 0 aromatic rings. The average Bonchev–Trinajstić information content (AvgIpc) is 2.36. The summed E-state index contributed by atoms with van der Waals surface area (Å²) in [7, 11) is 0. The van der Waals surface area contributed by atoms with Crippen LogP contribution < -0.4 is 11.2 Å². The third-order valence-corrected chi connectivity index (χ3v) is 1.83. The van der Waals surface area contributed by atoms with E-state index in [4.69, 9.17) is 5.73 Å². The Morgan fingerprint density at radius 2 is 1.83 bits per heavy atom. The van der Waals surface area contributed by atoms with Gasteiger partial charge < -0.3 is 5.73 Å². The largest absolute Gasteiger partial charge is 0.366 e. The lowest BCUT2D eigenvalue weighted by atomic mass is 10.2. The van der Waals surface area contributed by atoms with Crippen LogP contribution in [-0.4, -0.2) is 5.91 Å². The normalized spacial score (nSPS) is 15.7. The van der Waals surface area contributed by atoms with Gasteiger partial charge in [0.2, 0.25) is 5.91 Å². The van der Waals surface area contributed by atoms with Gasteiger partial charge in [-0.05, 0) is 24.3 Å². The first-order valence-electron chi connectivity index (χ1n) is 5.29. The first kappa shape index (κ1) is 13.4. The van der Waals surface area contributed by atoms with Gasteiger partial charge in [0, 0.05) is 11.8 Å². The Bertz CT molecular complexity index is 479. The second-order valence-electron chi connectivity index (χ2n) is 3.16. The van der Waals surface area contributed by atoms with E-state index in [1.54, 1.807) is 67.1 Å². The van der Waals surface area contributed by atoms with Crippen LogP contribution in [0.25, 0.3) is 0 Å². The fraction of sp³-hybridized carbons (Fsp3) is 0. The number of carbonyl (C=O) groups excluding carboxylic acids is 1. The molecule has 1 rings (SSSR count). The van der Waals surface area contributed by atoms with Crippen LogP contribution in [0.4, 0.5) is 0 Å². The quantitative estimate of drug-likeness (QED) is 0.738. The Hall–Kier alpha value is -2.69. The fourth-order valence-electron chi connectivity index (χ4n) is 1.02. The molecule has 1 aliphatic heterocycles. The number of hydrogen-bond donors (Lipinski definition) is 2. The van der Waals surface area contributed by atoms with Gasteiger partial charge in [-0.1, -0.05) is 35.6 Å². The minimum Gasteiger partial charge on any atom is -0.366 e. The van der Waals surface area contributed by atoms with Gasteiger partial charge in [-0.3, -0.25) is 10.2 Å². The molecule has 0 saturated heterocycles. The number of amides is 1. The van der Waals surface area contributed by atoms with E-state index in [0.29, 0.717) is 5.57 Å². The molecule has 0 aromatic carbocycles. The van der Waals surface area contributed by atoms with Gasteiger partial charge in [-0.25, -0.2) is 0 Å². The van der Waals surface area contributed by atoms with Gasteiger partial charge in [-0.2, -0.15) is 0 Å². The van der Waals surface area contributed by atoms with E-state index >= 15 is 0 Å². The summed E-state index contributed by atoms with van der Waals surface area (Å²) in [6.45, 7) is 0. The first-order valence-corrected chi connectivity index (χ1v) is 5.29. The zero-order valence-corrected chi connectivity index (χ0v) is 9.73. The molecule has 0 atom stereocenters. The molecule has 0 spiro atoms. The molecule has 92 valence electrons. The van der Waals surface area contributed by atoms with Crippen LogP contribution in [0, 0.1) is 0 Å². The lowest BCUT2D eigenvalue weighted by Gasteiger charge is -1.92. The lowest BCUT2D eigenvalue weighted by Crippen LogP contribution is -2.12. The fourth-order valence-corrected chi connectivity index (χ4v) is 1.02. The number of primary amides is 1. The van der Waals surface area contributed by atoms with Gasteiger partial charge in [0.25, 0.3) is 0 Å². The zero-order valence-electron chi connectivity index (χ0n) is 9.73. The number of nitrogens with one attached hydrogen (secondary N) is 1. The molecule has 0 bridgehead atoms. The minimum absolute atomic E-state index is 0.413. The van der Waals surface area contributed by atoms with Crippen LogP contribution in [0.2, 0.25) is 0 Å². The Morgan fingerprint density at radius 3 is 2.67 bits per heavy atom. The smallest absolute Gasteiger partial charge is 0.248 e. The second kappa shape index (κ2) is 8.46. The van der Waals surface area contributed by atoms with Crippen LogP contribution in [0.3, 0.4) is 0 Å². The molecule has 3 N–H and O–H groups in total. The van der Waals surface area contributed by atoms with Crippen LogP contribution in [0.1, 0.15) is 0 Å². The summed E-state index contributed by atoms with van der Waals surface area (Å²) in [5.41, 5.74) is 8.25. The van der Waals surface area contributed by atoms with E-state index in [0.717, 1.165) is 0 Å². The summed E-state index contributed by atoms with van der Waals surface area (Å²) < 4.78 is 0. The first-order chi connectivity index (χ1) is 8.80. The second-order valence-corrected chi connectivity index (χ2v) is 3.16. The van der Waals surface area contributed by atoms with Crippen molar-refractivity contribution >= 4 is 5.91 Å². The summed E-state index contributed by atoms with van der Waals surface area (Å²) in [5, 5.41) is 7.37. The van der Waals surface area contributed by atoms with Crippen LogP contribution >= 0.6 is 0 Å². The van der Waals surface area contributed by atoms with Crippen LogP contribution in [-0.2, 0) is 4.79 Å². The highest BCUT2D eigenvalue weighted by Crippen LogP contribution is 1.97. The average molecular weight is 242 g/mol. The van der Waals surface area contributed by atoms with Gasteiger partial charge in [0.05, 0.1) is 6.20 Å². The Kier molecular flexibility index (Phi) is 6.29. The maximum Gasteiger partial charge on any atom is 0.248 e. The summed E-state index contributed by atoms with van der Waals surface area (Å²) in [5.74, 6) is -0.481. The SMILES string of the molecule is NC(=O)C1=CC=CC=CC=CN=NNC=CC=C1. The number of hydrogen-bond acceptors (Lipinski definition) is 4. The Labute approximate surface area is 105 Å². The third kappa shape index (κ3) is 6.02. The van der Waals surface area contributed by atoms with E-state index in [2.05, 4.69) is 15.8 Å². The van der Waals surface area contributed by atoms with Crippen molar-refractivity contribution in [2.75, 3.05) is 0 Å². The molecule has 0 fully saturated rings. The van der Waals surface area contributed by atoms with E-state index in [9.17, 15) is 4.79 Å². The van der Waals surface area contributed by atoms with Gasteiger partial charge in [0.1, 0.15) is 0 Å². The molecule has 18 heavy (non-hydrogen) atoms. The van der Waals surface area contributed by atoms with E-state index < -0.39 is 5.91 Å². The maximum absolute atomic E-state index is 11.1. The topological polar surface area (TPSA) is 79.8 Å². The molecule has 0 aromatic heterocycles. The molecular formula is C13H14N4O. The Balaban J connectivity index is 2.88. The highest BCUT2D eigenvalue weighted by molar-refractivity contribution is 5.95. The van der Waals surface area contributed by atoms with E-state index in [-0.39, 0.29) is 0 Å².